The Kier molecular flexibility index (Phi) is 8.91. The molecule has 4 fully saturated rings. The van der Waals surface area contributed by atoms with Crippen LogP contribution in [0, 0.1) is 17.8 Å². The van der Waals surface area contributed by atoms with Gasteiger partial charge in [0.05, 0.1) is 6.26 Å². The quantitative estimate of drug-likeness (QED) is 0.179. The van der Waals surface area contributed by atoms with Gasteiger partial charge < -0.3 is 35.6 Å². The maximum Gasteiger partial charge on any atom is 0.287 e. The van der Waals surface area contributed by atoms with E-state index < -0.39 is 35.1 Å². The number of nitrogens with one attached hydrogen (secondary N) is 5. The number of anilines is 1. The number of rotatable bonds is 12. The lowest BCUT2D eigenvalue weighted by atomic mass is 9.78. The van der Waals surface area contributed by atoms with Crippen molar-refractivity contribution in [2.45, 2.75) is 69.6 Å². The largest absolute Gasteiger partial charge is 0.464 e. The zero-order valence-electron chi connectivity index (χ0n) is 26.7. The smallest absolute Gasteiger partial charge is 0.287 e. The van der Waals surface area contributed by atoms with Crippen LogP contribution in [-0.2, 0) is 30.5 Å². The molecule has 4 bridgehead atoms. The average Bonchev–Trinajstić information content (AvgIpc) is 3.67. The van der Waals surface area contributed by atoms with Crippen LogP contribution in [0.1, 0.15) is 55.8 Å². The Labute approximate surface area is 275 Å². The van der Waals surface area contributed by atoms with Crippen molar-refractivity contribution < 1.29 is 33.2 Å². The van der Waals surface area contributed by atoms with Crippen molar-refractivity contribution in [3.63, 3.8) is 0 Å². The number of furan rings is 1. The zero-order valence-corrected chi connectivity index (χ0v) is 26.7. The summed E-state index contributed by atoms with van der Waals surface area (Å²) >= 11 is 0. The number of Topliss-reactive ketones (excluding diaryl/α,β-unsaturated/α-hetero) is 1. The molecule has 5 amide bonds. The summed E-state index contributed by atoms with van der Waals surface area (Å²) in [5.41, 5.74) is -0.250. The molecule has 252 valence electrons. The number of aromatic nitrogens is 1. The normalized spacial score (nSPS) is 24.1. The third kappa shape index (κ3) is 6.46. The Morgan fingerprint density at radius 2 is 1.88 bits per heavy atom. The molecular formula is C34H38N6O8. The summed E-state index contributed by atoms with van der Waals surface area (Å²) in [5, 5.41) is 14.3. The van der Waals surface area contributed by atoms with Gasteiger partial charge in [0.2, 0.25) is 23.5 Å². The maximum atomic E-state index is 13.5. The molecule has 14 nitrogen and oxygen atoms in total. The maximum absolute atomic E-state index is 13.5. The van der Waals surface area contributed by atoms with Gasteiger partial charge in [-0.15, -0.1) is 0 Å². The molecule has 5 unspecified atom stereocenters. The third-order valence-electron chi connectivity index (χ3n) is 9.98. The van der Waals surface area contributed by atoms with Crippen LogP contribution < -0.4 is 32.1 Å². The summed E-state index contributed by atoms with van der Waals surface area (Å²) < 4.78 is 6.49. The molecule has 48 heavy (non-hydrogen) atoms. The van der Waals surface area contributed by atoms with Crippen LogP contribution in [0.5, 0.6) is 0 Å². The summed E-state index contributed by atoms with van der Waals surface area (Å²) in [5.74, 6) is -2.50. The van der Waals surface area contributed by atoms with E-state index in [2.05, 4.69) is 26.6 Å². The second kappa shape index (κ2) is 13.1. The SMILES string of the molecule is CNC(=O)C(=O)CC[C@H](NC(=O)c1ccc2occc2c1)C(=O)Nc1cccn(CC(=O)NC2C3CC4CC2C(NC(C)=O)(C4)C3)c1=O. The Morgan fingerprint density at radius 1 is 1.06 bits per heavy atom. The number of pyridine rings is 1. The second-order valence-corrected chi connectivity index (χ2v) is 13.1. The lowest BCUT2D eigenvalue weighted by Crippen LogP contribution is -2.51. The third-order valence-corrected chi connectivity index (χ3v) is 9.98. The Morgan fingerprint density at radius 3 is 2.65 bits per heavy atom. The van der Waals surface area contributed by atoms with E-state index in [9.17, 15) is 33.6 Å². The molecule has 4 saturated carbocycles. The Hall–Kier alpha value is -5.27. The van der Waals surface area contributed by atoms with Gasteiger partial charge in [0.15, 0.2) is 0 Å². The van der Waals surface area contributed by atoms with Crippen LogP contribution in [0.3, 0.4) is 0 Å². The number of nitrogens with zero attached hydrogens (tertiary/aromatic N) is 1. The van der Waals surface area contributed by atoms with E-state index in [1.165, 1.54) is 49.2 Å². The molecule has 1 aromatic carbocycles. The van der Waals surface area contributed by atoms with Crippen LogP contribution in [0.25, 0.3) is 11.0 Å². The van der Waals surface area contributed by atoms with Crippen LogP contribution in [0.2, 0.25) is 0 Å². The highest BCUT2D eigenvalue weighted by atomic mass is 16.3. The Balaban J connectivity index is 1.13. The van der Waals surface area contributed by atoms with Crippen molar-refractivity contribution in [1.29, 1.82) is 0 Å². The average molecular weight is 659 g/mol. The van der Waals surface area contributed by atoms with Crippen LogP contribution >= 0.6 is 0 Å². The van der Waals surface area contributed by atoms with Gasteiger partial charge in [-0.3, -0.25) is 33.6 Å². The van der Waals surface area contributed by atoms with Crippen LogP contribution in [0.15, 0.2) is 58.1 Å². The number of carbonyl (C=O) groups excluding carboxylic acids is 6. The topological polar surface area (TPSA) is 198 Å². The standard InChI is InChI=1S/C34H38N6O8/c1-18(41)39-34-15-19-12-22(16-34)29(23(34)13-19)38-28(43)17-40-10-3-4-25(33(40)47)37-31(45)24(6-7-26(42)32(46)35-2)36-30(44)21-5-8-27-20(14-21)9-11-48-27/h3-5,8-11,14,19,22-24,29H,6-7,12-13,15-17H2,1-2H3,(H,35,46)(H,36,44)(H,37,45)(H,38,43)(H,39,41)/t19?,22?,23?,24-,29?,34?/m0/s1. The second-order valence-electron chi connectivity index (χ2n) is 13.1. The van der Waals surface area contributed by atoms with E-state index >= 15 is 0 Å². The van der Waals surface area contributed by atoms with E-state index in [1.807, 2.05) is 0 Å². The molecule has 5 N–H and O–H groups in total. The van der Waals surface area contributed by atoms with Crippen LogP contribution in [-0.4, -0.2) is 64.6 Å². The number of carbonyl (C=O) groups is 6. The van der Waals surface area contributed by atoms with Crippen molar-refractivity contribution in [3.05, 3.63) is 64.8 Å². The van der Waals surface area contributed by atoms with Crippen molar-refractivity contribution in [1.82, 2.24) is 25.8 Å². The fourth-order valence-electron chi connectivity index (χ4n) is 8.09. The molecule has 4 aliphatic carbocycles. The molecule has 0 aliphatic heterocycles. The highest BCUT2D eigenvalue weighted by molar-refractivity contribution is 6.36. The number of amides is 5. The molecule has 3 aromatic rings. The minimum atomic E-state index is -1.29. The molecule has 4 aliphatic rings. The molecular weight excluding hydrogens is 620 g/mol. The van der Waals surface area contributed by atoms with Crippen molar-refractivity contribution in [3.8, 4) is 0 Å². The first kappa shape index (κ1) is 32.7. The summed E-state index contributed by atoms with van der Waals surface area (Å²) in [6.07, 6.45) is 6.04. The Bertz CT molecular complexity index is 1860. The van der Waals surface area contributed by atoms with E-state index in [0.29, 0.717) is 16.9 Å². The highest BCUT2D eigenvalue weighted by Gasteiger charge is 2.63. The van der Waals surface area contributed by atoms with Gasteiger partial charge >= 0.3 is 0 Å². The van der Waals surface area contributed by atoms with E-state index in [1.54, 1.807) is 18.2 Å². The highest BCUT2D eigenvalue weighted by Crippen LogP contribution is 2.60. The first-order chi connectivity index (χ1) is 23.0. The fourth-order valence-corrected chi connectivity index (χ4v) is 8.09. The van der Waals surface area contributed by atoms with Gasteiger partial charge in [0.25, 0.3) is 17.4 Å². The van der Waals surface area contributed by atoms with Crippen molar-refractivity contribution >= 4 is 52.0 Å². The summed E-state index contributed by atoms with van der Waals surface area (Å²) in [7, 11) is 1.31. The minimum absolute atomic E-state index is 0.0747. The summed E-state index contributed by atoms with van der Waals surface area (Å²) in [4.78, 5) is 89.2. The molecule has 14 heteroatoms. The minimum Gasteiger partial charge on any atom is -0.464 e. The molecule has 6 atom stereocenters. The van der Waals surface area contributed by atoms with Crippen molar-refractivity contribution in [2.75, 3.05) is 12.4 Å². The van der Waals surface area contributed by atoms with Gasteiger partial charge in [-0.2, -0.15) is 0 Å². The number of ketones is 1. The lowest BCUT2D eigenvalue weighted by molar-refractivity contribution is -0.137. The van der Waals surface area contributed by atoms with E-state index in [-0.39, 0.29) is 65.9 Å². The lowest BCUT2D eigenvalue weighted by Gasteiger charge is -2.33. The van der Waals surface area contributed by atoms with Gasteiger partial charge in [0, 0.05) is 55.0 Å². The summed E-state index contributed by atoms with van der Waals surface area (Å²) in [6, 6.07) is 7.90. The number of hydrogen-bond acceptors (Lipinski definition) is 8. The van der Waals surface area contributed by atoms with Gasteiger partial charge in [-0.25, -0.2) is 0 Å². The molecule has 2 heterocycles. The first-order valence-corrected chi connectivity index (χ1v) is 16.1. The molecule has 0 saturated heterocycles. The molecule has 0 spiro atoms. The molecule has 7 rings (SSSR count). The zero-order chi connectivity index (χ0) is 34.2. The number of likely N-dealkylation sites (N-methyl/N-ethyl adjacent to an activating group) is 1. The van der Waals surface area contributed by atoms with Gasteiger partial charge in [-0.1, -0.05) is 0 Å². The monoisotopic (exact) mass is 658 g/mol. The van der Waals surface area contributed by atoms with E-state index in [0.717, 1.165) is 25.7 Å². The fraction of sp³-hybridized carbons (Fsp3) is 0.441. The van der Waals surface area contributed by atoms with Gasteiger partial charge in [-0.05, 0) is 80.3 Å². The number of fused-ring (bicyclic) bond motifs is 1. The van der Waals surface area contributed by atoms with Crippen molar-refractivity contribution in [2.24, 2.45) is 17.8 Å². The van der Waals surface area contributed by atoms with Crippen LogP contribution in [0.4, 0.5) is 5.69 Å². The molecule has 0 radical (unpaired) electrons. The predicted octanol–water partition coefficient (Wildman–Crippen LogP) is 1.24. The number of hydrogen-bond donors (Lipinski definition) is 5. The number of benzene rings is 1. The molecule has 2 aromatic heterocycles. The summed E-state index contributed by atoms with van der Waals surface area (Å²) in [6.45, 7) is 1.23. The first-order valence-electron chi connectivity index (χ1n) is 16.1. The van der Waals surface area contributed by atoms with Gasteiger partial charge in [0.1, 0.15) is 23.9 Å². The predicted molar refractivity (Wildman–Crippen MR) is 173 cm³/mol. The van der Waals surface area contributed by atoms with E-state index in [4.69, 9.17) is 4.42 Å².